The molecule has 0 aliphatic rings. The van der Waals surface area contributed by atoms with Crippen LogP contribution in [0.25, 0.3) is 0 Å². The summed E-state index contributed by atoms with van der Waals surface area (Å²) < 4.78 is 0. The Morgan fingerprint density at radius 1 is 1.04 bits per heavy atom. The normalized spacial score (nSPS) is 13.3. The topological polar surface area (TPSA) is 95.5 Å². The molecule has 134 valence electrons. The van der Waals surface area contributed by atoms with Gasteiger partial charge in [0.2, 0.25) is 11.8 Å². The van der Waals surface area contributed by atoms with Crippen molar-refractivity contribution in [3.05, 3.63) is 0 Å². The molecule has 0 aliphatic carbocycles. The summed E-state index contributed by atoms with van der Waals surface area (Å²) in [7, 11) is 0. The fourth-order valence-electron chi connectivity index (χ4n) is 1.82. The summed E-state index contributed by atoms with van der Waals surface area (Å²) in [5.41, 5.74) is -0.431. The zero-order chi connectivity index (χ0) is 18.3. The summed E-state index contributed by atoms with van der Waals surface area (Å²) >= 11 is 0. The van der Waals surface area contributed by atoms with Gasteiger partial charge >= 0.3 is 5.97 Å². The Morgan fingerprint density at radius 3 is 2.04 bits per heavy atom. The van der Waals surface area contributed by atoms with Gasteiger partial charge in [0.1, 0.15) is 6.04 Å². The molecule has 3 N–H and O–H groups in total. The van der Waals surface area contributed by atoms with E-state index < -0.39 is 17.4 Å². The van der Waals surface area contributed by atoms with Crippen molar-refractivity contribution >= 4 is 17.8 Å². The minimum Gasteiger partial charge on any atom is -0.480 e. The Hall–Kier alpha value is -1.59. The first-order chi connectivity index (χ1) is 10.3. The lowest BCUT2D eigenvalue weighted by atomic mass is 9.88. The van der Waals surface area contributed by atoms with Gasteiger partial charge in [-0.1, -0.05) is 41.5 Å². The number of carbonyl (C=O) groups is 3. The molecule has 0 aromatic carbocycles. The Labute approximate surface area is 139 Å². The predicted molar refractivity (Wildman–Crippen MR) is 90.0 cm³/mol. The molecule has 1 unspecified atom stereocenters. The van der Waals surface area contributed by atoms with E-state index in [4.69, 9.17) is 0 Å². The second-order valence-corrected chi connectivity index (χ2v) is 8.17. The standard InChI is InChI=1S/C17H32N2O4/c1-16(2,3)10-9-12(14(21)22)19-13(20)8-7-11-18-15(23)17(4,5)6/h12H,7-11H2,1-6H3,(H,18,23)(H,19,20)(H,21,22). The molecule has 0 bridgehead atoms. The van der Waals surface area contributed by atoms with Crippen LogP contribution in [-0.4, -0.2) is 35.5 Å². The molecule has 0 aliphatic heterocycles. The Bertz CT molecular complexity index is 419. The third-order valence-corrected chi connectivity index (χ3v) is 3.36. The number of nitrogens with one attached hydrogen (secondary N) is 2. The maximum atomic E-state index is 11.8. The average molecular weight is 328 g/mol. The van der Waals surface area contributed by atoms with Crippen molar-refractivity contribution in [3.63, 3.8) is 0 Å². The largest absolute Gasteiger partial charge is 0.480 e. The number of hydrogen-bond acceptors (Lipinski definition) is 3. The fraction of sp³-hybridized carbons (Fsp3) is 0.824. The second kappa shape index (κ2) is 8.89. The van der Waals surface area contributed by atoms with Gasteiger partial charge < -0.3 is 15.7 Å². The maximum absolute atomic E-state index is 11.8. The minimum absolute atomic E-state index is 0.0235. The molecule has 0 heterocycles. The van der Waals surface area contributed by atoms with E-state index in [1.54, 1.807) is 0 Å². The monoisotopic (exact) mass is 328 g/mol. The first kappa shape index (κ1) is 21.4. The number of hydrogen-bond donors (Lipinski definition) is 3. The van der Waals surface area contributed by atoms with Crippen LogP contribution >= 0.6 is 0 Å². The van der Waals surface area contributed by atoms with Crippen LogP contribution in [0.5, 0.6) is 0 Å². The van der Waals surface area contributed by atoms with Crippen molar-refractivity contribution < 1.29 is 19.5 Å². The molecule has 0 radical (unpaired) electrons. The molecule has 0 spiro atoms. The van der Waals surface area contributed by atoms with Crippen LogP contribution in [-0.2, 0) is 14.4 Å². The second-order valence-electron chi connectivity index (χ2n) is 8.17. The minimum atomic E-state index is -1.01. The first-order valence-corrected chi connectivity index (χ1v) is 8.13. The summed E-state index contributed by atoms with van der Waals surface area (Å²) in [5, 5.41) is 14.5. The van der Waals surface area contributed by atoms with Gasteiger partial charge in [-0.2, -0.15) is 0 Å². The van der Waals surface area contributed by atoms with Crippen molar-refractivity contribution in [1.29, 1.82) is 0 Å². The molecule has 0 aromatic heterocycles. The molecule has 6 heteroatoms. The SMILES string of the molecule is CC(C)(C)CCC(NC(=O)CCCNC(=O)C(C)(C)C)C(=O)O. The van der Waals surface area contributed by atoms with Crippen LogP contribution in [0.4, 0.5) is 0 Å². The summed E-state index contributed by atoms with van der Waals surface area (Å²) in [5.74, 6) is -1.37. The fourth-order valence-corrected chi connectivity index (χ4v) is 1.82. The lowest BCUT2D eigenvalue weighted by Gasteiger charge is -2.21. The quantitative estimate of drug-likeness (QED) is 0.596. The van der Waals surface area contributed by atoms with Crippen molar-refractivity contribution in [2.75, 3.05) is 6.54 Å². The molecule has 0 rings (SSSR count). The highest BCUT2D eigenvalue weighted by atomic mass is 16.4. The third-order valence-electron chi connectivity index (χ3n) is 3.36. The number of carbonyl (C=O) groups excluding carboxylic acids is 2. The van der Waals surface area contributed by atoms with Gasteiger partial charge in [-0.3, -0.25) is 9.59 Å². The predicted octanol–water partition coefficient (Wildman–Crippen LogP) is 2.32. The van der Waals surface area contributed by atoms with Crippen LogP contribution in [0.1, 0.15) is 67.2 Å². The summed E-state index contributed by atoms with van der Waals surface area (Å²) in [6, 6.07) is -0.856. The summed E-state index contributed by atoms with van der Waals surface area (Å²) in [6.45, 7) is 12.0. The van der Waals surface area contributed by atoms with E-state index in [-0.39, 0.29) is 23.7 Å². The number of rotatable bonds is 8. The molecule has 2 amide bonds. The van der Waals surface area contributed by atoms with E-state index >= 15 is 0 Å². The molecule has 1 atom stereocenters. The van der Waals surface area contributed by atoms with Gasteiger partial charge in [0.05, 0.1) is 0 Å². The highest BCUT2D eigenvalue weighted by molar-refractivity contribution is 5.83. The van der Waals surface area contributed by atoms with E-state index in [1.165, 1.54) is 0 Å². The molecule has 6 nitrogen and oxygen atoms in total. The zero-order valence-corrected chi connectivity index (χ0v) is 15.3. The molecule has 0 fully saturated rings. The van der Waals surface area contributed by atoms with Crippen molar-refractivity contribution in [3.8, 4) is 0 Å². The van der Waals surface area contributed by atoms with E-state index in [9.17, 15) is 19.5 Å². The highest BCUT2D eigenvalue weighted by Gasteiger charge is 2.23. The molecule has 0 saturated heterocycles. The van der Waals surface area contributed by atoms with Crippen LogP contribution in [0.15, 0.2) is 0 Å². The van der Waals surface area contributed by atoms with E-state index in [0.29, 0.717) is 25.8 Å². The lowest BCUT2D eigenvalue weighted by Crippen LogP contribution is -2.41. The number of aliphatic carboxylic acids is 1. The van der Waals surface area contributed by atoms with E-state index in [1.807, 2.05) is 41.5 Å². The van der Waals surface area contributed by atoms with Gasteiger partial charge in [-0.25, -0.2) is 4.79 Å². The van der Waals surface area contributed by atoms with E-state index in [2.05, 4.69) is 10.6 Å². The smallest absolute Gasteiger partial charge is 0.326 e. The van der Waals surface area contributed by atoms with Crippen LogP contribution in [0.2, 0.25) is 0 Å². The van der Waals surface area contributed by atoms with Crippen molar-refractivity contribution in [2.24, 2.45) is 10.8 Å². The lowest BCUT2D eigenvalue weighted by molar-refractivity contribution is -0.142. The Kier molecular flexibility index (Phi) is 8.28. The highest BCUT2D eigenvalue weighted by Crippen LogP contribution is 2.21. The average Bonchev–Trinajstić information content (AvgIpc) is 2.36. The number of carboxylic acid groups (broad SMARTS) is 1. The maximum Gasteiger partial charge on any atom is 0.326 e. The van der Waals surface area contributed by atoms with Gasteiger partial charge in [-0.05, 0) is 24.7 Å². The van der Waals surface area contributed by atoms with Gasteiger partial charge in [0.25, 0.3) is 0 Å². The van der Waals surface area contributed by atoms with Gasteiger partial charge in [0.15, 0.2) is 0 Å². The van der Waals surface area contributed by atoms with Crippen molar-refractivity contribution in [2.45, 2.75) is 73.3 Å². The summed E-state index contributed by atoms with van der Waals surface area (Å²) in [6.07, 6.45) is 1.81. The molecule has 0 aromatic rings. The van der Waals surface area contributed by atoms with Crippen LogP contribution in [0, 0.1) is 10.8 Å². The Morgan fingerprint density at radius 2 is 1.61 bits per heavy atom. The Balaban J connectivity index is 4.15. The van der Waals surface area contributed by atoms with E-state index in [0.717, 1.165) is 0 Å². The van der Waals surface area contributed by atoms with Gasteiger partial charge in [-0.15, -0.1) is 0 Å². The molecular weight excluding hydrogens is 296 g/mol. The number of carboxylic acids is 1. The zero-order valence-electron chi connectivity index (χ0n) is 15.3. The molecular formula is C17H32N2O4. The summed E-state index contributed by atoms with van der Waals surface area (Å²) in [4.78, 5) is 34.7. The third kappa shape index (κ3) is 10.7. The molecule has 23 heavy (non-hydrogen) atoms. The number of amides is 2. The van der Waals surface area contributed by atoms with Crippen molar-refractivity contribution in [1.82, 2.24) is 10.6 Å². The van der Waals surface area contributed by atoms with Gasteiger partial charge in [0, 0.05) is 18.4 Å². The first-order valence-electron chi connectivity index (χ1n) is 8.13. The molecule has 0 saturated carbocycles. The van der Waals surface area contributed by atoms with Crippen LogP contribution in [0.3, 0.4) is 0 Å². The van der Waals surface area contributed by atoms with Crippen LogP contribution < -0.4 is 10.6 Å².